The van der Waals surface area contributed by atoms with Crippen LogP contribution in [0.25, 0.3) is 10.9 Å². The maximum Gasteiger partial charge on any atom is 0.175 e. The summed E-state index contributed by atoms with van der Waals surface area (Å²) in [7, 11) is 0. The fourth-order valence-electron chi connectivity index (χ4n) is 2.45. The molecule has 0 spiro atoms. The number of H-pyrrole nitrogens is 1. The molecule has 0 aliphatic heterocycles. The predicted octanol–water partition coefficient (Wildman–Crippen LogP) is 5.25. The summed E-state index contributed by atoms with van der Waals surface area (Å²) in [6, 6.07) is 13.8. The third kappa shape index (κ3) is 3.08. The first-order chi connectivity index (χ1) is 10.5. The summed E-state index contributed by atoms with van der Waals surface area (Å²) in [6.45, 7) is 4.03. The molecule has 22 heavy (non-hydrogen) atoms. The molecule has 0 radical (unpaired) electrons. The lowest BCUT2D eigenvalue weighted by molar-refractivity contribution is 1.30. The van der Waals surface area contributed by atoms with Gasteiger partial charge in [0.15, 0.2) is 5.11 Å². The molecule has 1 heterocycles. The Hall–Kier alpha value is -2.04. The van der Waals surface area contributed by atoms with Crippen molar-refractivity contribution in [2.24, 2.45) is 0 Å². The van der Waals surface area contributed by atoms with Gasteiger partial charge in [-0.25, -0.2) is 0 Å². The molecule has 0 saturated carbocycles. The summed E-state index contributed by atoms with van der Waals surface area (Å²) < 4.78 is 0. The number of thiocarbonyl (C=S) groups is 1. The summed E-state index contributed by atoms with van der Waals surface area (Å²) in [5.41, 5.74) is 5.18. The van der Waals surface area contributed by atoms with Crippen LogP contribution in [0.2, 0.25) is 5.02 Å². The smallest absolute Gasteiger partial charge is 0.175 e. The van der Waals surface area contributed by atoms with E-state index in [-0.39, 0.29) is 0 Å². The van der Waals surface area contributed by atoms with Crippen LogP contribution in [0.1, 0.15) is 11.3 Å². The van der Waals surface area contributed by atoms with Gasteiger partial charge in [0, 0.05) is 33.0 Å². The molecule has 0 aliphatic rings. The van der Waals surface area contributed by atoms with Crippen molar-refractivity contribution in [1.29, 1.82) is 0 Å². The van der Waals surface area contributed by atoms with Gasteiger partial charge in [-0.2, -0.15) is 0 Å². The van der Waals surface area contributed by atoms with Crippen LogP contribution in [0.15, 0.2) is 42.5 Å². The Balaban J connectivity index is 1.81. The molecule has 0 atom stereocenters. The topological polar surface area (TPSA) is 39.8 Å². The molecule has 2 aromatic carbocycles. The van der Waals surface area contributed by atoms with E-state index in [4.69, 9.17) is 23.8 Å². The van der Waals surface area contributed by atoms with E-state index in [1.165, 1.54) is 0 Å². The highest BCUT2D eigenvalue weighted by molar-refractivity contribution is 7.80. The van der Waals surface area contributed by atoms with Gasteiger partial charge in [0.2, 0.25) is 0 Å². The highest BCUT2D eigenvalue weighted by Gasteiger charge is 2.06. The maximum absolute atomic E-state index is 5.97. The van der Waals surface area contributed by atoms with Crippen LogP contribution < -0.4 is 10.6 Å². The monoisotopic (exact) mass is 329 g/mol. The zero-order valence-electron chi connectivity index (χ0n) is 12.3. The lowest BCUT2D eigenvalue weighted by Gasteiger charge is -2.13. The second kappa shape index (κ2) is 5.99. The van der Waals surface area contributed by atoms with Gasteiger partial charge in [0.1, 0.15) is 0 Å². The number of aryl methyl sites for hydroxylation is 2. The Morgan fingerprint density at radius 3 is 2.59 bits per heavy atom. The highest BCUT2D eigenvalue weighted by Crippen LogP contribution is 2.25. The minimum atomic E-state index is 0.553. The van der Waals surface area contributed by atoms with E-state index in [1.807, 2.05) is 50.2 Å². The Morgan fingerprint density at radius 2 is 1.82 bits per heavy atom. The normalized spacial score (nSPS) is 10.7. The minimum Gasteiger partial charge on any atom is -0.359 e. The third-order valence-electron chi connectivity index (χ3n) is 3.48. The van der Waals surface area contributed by atoms with E-state index in [0.29, 0.717) is 5.11 Å². The van der Waals surface area contributed by atoms with Crippen molar-refractivity contribution in [3.05, 3.63) is 58.7 Å². The zero-order valence-corrected chi connectivity index (χ0v) is 13.9. The number of anilines is 2. The maximum atomic E-state index is 5.97. The van der Waals surface area contributed by atoms with Crippen molar-refractivity contribution in [3.8, 4) is 0 Å². The summed E-state index contributed by atoms with van der Waals surface area (Å²) in [5.74, 6) is 0. The standard InChI is InChI=1S/C17H16ClN3S/c1-10-8-12(18)6-7-14(10)20-17(22)21-16-5-3-4-15-13(16)9-11(2)19-15/h3-9,19H,1-2H3,(H2,20,21,22). The molecule has 0 amide bonds. The van der Waals surface area contributed by atoms with Crippen molar-refractivity contribution in [2.75, 3.05) is 10.6 Å². The number of aromatic amines is 1. The van der Waals surface area contributed by atoms with E-state index in [1.54, 1.807) is 0 Å². The fourth-order valence-corrected chi connectivity index (χ4v) is 2.89. The van der Waals surface area contributed by atoms with E-state index in [0.717, 1.165) is 38.6 Å². The van der Waals surface area contributed by atoms with Gasteiger partial charge in [-0.05, 0) is 68.0 Å². The number of nitrogens with one attached hydrogen (secondary N) is 3. The number of hydrogen-bond acceptors (Lipinski definition) is 1. The van der Waals surface area contributed by atoms with Crippen LogP contribution >= 0.6 is 23.8 Å². The van der Waals surface area contributed by atoms with E-state index >= 15 is 0 Å². The molecule has 0 unspecified atom stereocenters. The second-order valence-corrected chi connectivity index (χ2v) is 6.10. The molecular formula is C17H16ClN3S. The van der Waals surface area contributed by atoms with Crippen molar-refractivity contribution < 1.29 is 0 Å². The molecular weight excluding hydrogens is 314 g/mol. The molecule has 0 fully saturated rings. The van der Waals surface area contributed by atoms with Gasteiger partial charge in [-0.1, -0.05) is 17.7 Å². The van der Waals surface area contributed by atoms with Gasteiger partial charge in [0.05, 0.1) is 0 Å². The summed E-state index contributed by atoms with van der Waals surface area (Å²) in [6.07, 6.45) is 0. The lowest BCUT2D eigenvalue weighted by atomic mass is 10.2. The van der Waals surface area contributed by atoms with Crippen LogP contribution in [0.3, 0.4) is 0 Å². The van der Waals surface area contributed by atoms with E-state index in [9.17, 15) is 0 Å². The van der Waals surface area contributed by atoms with Gasteiger partial charge in [-0.3, -0.25) is 0 Å². The quantitative estimate of drug-likeness (QED) is 0.562. The molecule has 3 rings (SSSR count). The Labute approximate surface area is 139 Å². The van der Waals surface area contributed by atoms with Crippen molar-refractivity contribution in [2.45, 2.75) is 13.8 Å². The molecule has 3 aromatic rings. The summed E-state index contributed by atoms with van der Waals surface area (Å²) in [4.78, 5) is 3.32. The summed E-state index contributed by atoms with van der Waals surface area (Å²) >= 11 is 11.4. The number of benzene rings is 2. The van der Waals surface area contributed by atoms with Gasteiger partial charge < -0.3 is 15.6 Å². The van der Waals surface area contributed by atoms with E-state index in [2.05, 4.69) is 21.7 Å². The first kappa shape index (κ1) is 14.9. The Bertz CT molecular complexity index is 854. The molecule has 112 valence electrons. The van der Waals surface area contributed by atoms with Gasteiger partial charge >= 0.3 is 0 Å². The van der Waals surface area contributed by atoms with Crippen LogP contribution in [-0.4, -0.2) is 10.1 Å². The average molecular weight is 330 g/mol. The predicted molar refractivity (Wildman–Crippen MR) is 99.1 cm³/mol. The van der Waals surface area contributed by atoms with E-state index < -0.39 is 0 Å². The first-order valence-corrected chi connectivity index (χ1v) is 7.74. The molecule has 0 bridgehead atoms. The second-order valence-electron chi connectivity index (χ2n) is 5.26. The van der Waals surface area contributed by atoms with Crippen molar-refractivity contribution in [1.82, 2.24) is 4.98 Å². The molecule has 0 aliphatic carbocycles. The van der Waals surface area contributed by atoms with Crippen molar-refractivity contribution in [3.63, 3.8) is 0 Å². The van der Waals surface area contributed by atoms with Crippen LogP contribution in [0.4, 0.5) is 11.4 Å². The average Bonchev–Trinajstić information content (AvgIpc) is 2.83. The Kier molecular flexibility index (Phi) is 4.05. The molecule has 5 heteroatoms. The number of halogens is 1. The van der Waals surface area contributed by atoms with Crippen LogP contribution in [0.5, 0.6) is 0 Å². The van der Waals surface area contributed by atoms with Crippen LogP contribution in [0, 0.1) is 13.8 Å². The SMILES string of the molecule is Cc1cc2c(NC(=S)Nc3ccc(Cl)cc3C)cccc2[nH]1. The molecule has 3 nitrogen and oxygen atoms in total. The molecule has 1 aromatic heterocycles. The third-order valence-corrected chi connectivity index (χ3v) is 3.92. The number of hydrogen-bond donors (Lipinski definition) is 3. The van der Waals surface area contributed by atoms with Gasteiger partial charge in [0.25, 0.3) is 0 Å². The van der Waals surface area contributed by atoms with Gasteiger partial charge in [-0.15, -0.1) is 0 Å². The first-order valence-electron chi connectivity index (χ1n) is 6.95. The number of rotatable bonds is 2. The lowest BCUT2D eigenvalue weighted by Crippen LogP contribution is -2.19. The minimum absolute atomic E-state index is 0.553. The molecule has 0 saturated heterocycles. The molecule has 3 N–H and O–H groups in total. The summed E-state index contributed by atoms with van der Waals surface area (Å²) in [5, 5.41) is 8.86. The fraction of sp³-hybridized carbons (Fsp3) is 0.118. The number of fused-ring (bicyclic) bond motifs is 1. The van der Waals surface area contributed by atoms with Crippen molar-refractivity contribution >= 4 is 51.2 Å². The largest absolute Gasteiger partial charge is 0.359 e. The highest BCUT2D eigenvalue weighted by atomic mass is 35.5. The Morgan fingerprint density at radius 1 is 1.05 bits per heavy atom. The number of aromatic nitrogens is 1. The zero-order chi connectivity index (χ0) is 15.7. The van der Waals surface area contributed by atoms with Crippen LogP contribution in [-0.2, 0) is 0 Å².